The number of benzene rings is 1. The van der Waals surface area contributed by atoms with Crippen LogP contribution >= 0.6 is 28.3 Å². The largest absolute Gasteiger partial charge is 0.356 e. The molecule has 0 spiro atoms. The van der Waals surface area contributed by atoms with Crippen molar-refractivity contribution in [2.45, 2.75) is 19.3 Å². The first-order valence-corrected chi connectivity index (χ1v) is 7.28. The van der Waals surface area contributed by atoms with Crippen molar-refractivity contribution in [1.29, 1.82) is 0 Å². The topological polar surface area (TPSA) is 41.1 Å². The molecule has 0 radical (unpaired) electrons. The number of carbonyl (C=O) groups is 1. The predicted octanol–water partition coefficient (Wildman–Crippen LogP) is 2.53. The van der Waals surface area contributed by atoms with E-state index in [0.717, 1.165) is 43.4 Å². The summed E-state index contributed by atoms with van der Waals surface area (Å²) in [7, 11) is 0. The fraction of sp³-hybridized carbons (Fsp3) is 0.500. The van der Waals surface area contributed by atoms with Crippen LogP contribution in [0.2, 0.25) is 0 Å². The van der Waals surface area contributed by atoms with Crippen molar-refractivity contribution in [2.24, 2.45) is 5.92 Å². The normalized spacial score (nSPS) is 15.6. The molecule has 1 heterocycles. The molecule has 1 aromatic rings. The molecule has 0 aromatic heterocycles. The van der Waals surface area contributed by atoms with Crippen molar-refractivity contribution in [3.8, 4) is 0 Å². The summed E-state index contributed by atoms with van der Waals surface area (Å²) >= 11 is 3.41. The lowest BCUT2D eigenvalue weighted by molar-refractivity contribution is -0.125. The standard InChI is InChI=1S/C14H19BrN2O.ClH/c15-13-3-1-11(2-4-13)5-10-17-14(18)12-6-8-16-9-7-12;/h1-4,12,16H,5-10H2,(H,17,18);1H. The lowest BCUT2D eigenvalue weighted by atomic mass is 9.97. The summed E-state index contributed by atoms with van der Waals surface area (Å²) in [6.07, 6.45) is 2.82. The Morgan fingerprint density at radius 3 is 2.53 bits per heavy atom. The molecule has 2 N–H and O–H groups in total. The molecule has 19 heavy (non-hydrogen) atoms. The van der Waals surface area contributed by atoms with E-state index in [4.69, 9.17) is 0 Å². The predicted molar refractivity (Wildman–Crippen MR) is 83.7 cm³/mol. The van der Waals surface area contributed by atoms with Crippen molar-refractivity contribution < 1.29 is 4.79 Å². The molecule has 0 bridgehead atoms. The van der Waals surface area contributed by atoms with Crippen LogP contribution in [0.3, 0.4) is 0 Å². The summed E-state index contributed by atoms with van der Waals surface area (Å²) in [6, 6.07) is 8.23. The lowest BCUT2D eigenvalue weighted by Gasteiger charge is -2.21. The maximum Gasteiger partial charge on any atom is 0.223 e. The van der Waals surface area contributed by atoms with Crippen LogP contribution in [0.4, 0.5) is 0 Å². The van der Waals surface area contributed by atoms with E-state index in [1.165, 1.54) is 5.56 Å². The Balaban J connectivity index is 0.00000180. The molecule has 1 aliphatic rings. The second-order valence-electron chi connectivity index (χ2n) is 4.69. The van der Waals surface area contributed by atoms with Crippen molar-refractivity contribution in [1.82, 2.24) is 10.6 Å². The first-order chi connectivity index (χ1) is 8.75. The number of halogens is 2. The zero-order chi connectivity index (χ0) is 12.8. The molecule has 106 valence electrons. The van der Waals surface area contributed by atoms with E-state index in [2.05, 4.69) is 38.7 Å². The highest BCUT2D eigenvalue weighted by Gasteiger charge is 2.19. The van der Waals surface area contributed by atoms with Crippen molar-refractivity contribution in [3.63, 3.8) is 0 Å². The zero-order valence-electron chi connectivity index (χ0n) is 10.8. The molecule has 1 saturated heterocycles. The van der Waals surface area contributed by atoms with Crippen LogP contribution in [0.25, 0.3) is 0 Å². The summed E-state index contributed by atoms with van der Waals surface area (Å²) in [5.74, 6) is 0.421. The SMILES string of the molecule is Cl.O=C(NCCc1ccc(Br)cc1)C1CCNCC1. The summed E-state index contributed by atoms with van der Waals surface area (Å²) in [4.78, 5) is 11.9. The number of rotatable bonds is 4. The minimum atomic E-state index is 0. The van der Waals surface area contributed by atoms with E-state index in [1.54, 1.807) is 0 Å². The van der Waals surface area contributed by atoms with Crippen LogP contribution in [0.5, 0.6) is 0 Å². The average Bonchev–Trinajstić information content (AvgIpc) is 2.42. The van der Waals surface area contributed by atoms with E-state index >= 15 is 0 Å². The van der Waals surface area contributed by atoms with Gasteiger partial charge in [-0.15, -0.1) is 12.4 Å². The number of hydrogen-bond acceptors (Lipinski definition) is 2. The van der Waals surface area contributed by atoms with Crippen LogP contribution in [-0.2, 0) is 11.2 Å². The third-order valence-electron chi connectivity index (χ3n) is 3.34. The molecule has 1 aliphatic heterocycles. The molecule has 0 aliphatic carbocycles. The molecule has 0 atom stereocenters. The van der Waals surface area contributed by atoms with E-state index < -0.39 is 0 Å². The third kappa shape index (κ3) is 5.51. The molecule has 0 unspecified atom stereocenters. The van der Waals surface area contributed by atoms with E-state index in [9.17, 15) is 4.79 Å². The fourth-order valence-electron chi connectivity index (χ4n) is 2.21. The van der Waals surface area contributed by atoms with Crippen molar-refractivity contribution >= 4 is 34.2 Å². The van der Waals surface area contributed by atoms with Gasteiger partial charge in [0.15, 0.2) is 0 Å². The number of nitrogens with one attached hydrogen (secondary N) is 2. The van der Waals surface area contributed by atoms with Crippen LogP contribution in [0.1, 0.15) is 18.4 Å². The first kappa shape index (κ1) is 16.5. The summed E-state index contributed by atoms with van der Waals surface area (Å²) < 4.78 is 1.09. The van der Waals surface area contributed by atoms with Gasteiger partial charge in [-0.2, -0.15) is 0 Å². The van der Waals surface area contributed by atoms with Gasteiger partial charge in [0, 0.05) is 16.9 Å². The van der Waals surface area contributed by atoms with Crippen LogP contribution in [0.15, 0.2) is 28.7 Å². The summed E-state index contributed by atoms with van der Waals surface area (Å²) in [5, 5.41) is 6.31. The molecular weight excluding hydrogens is 328 g/mol. The molecule has 1 fully saturated rings. The van der Waals surface area contributed by atoms with E-state index in [1.807, 2.05) is 12.1 Å². The second-order valence-corrected chi connectivity index (χ2v) is 5.61. The van der Waals surface area contributed by atoms with Crippen molar-refractivity contribution in [3.05, 3.63) is 34.3 Å². The number of amides is 1. The number of carbonyl (C=O) groups excluding carboxylic acids is 1. The Hall–Kier alpha value is -0.580. The Morgan fingerprint density at radius 1 is 1.26 bits per heavy atom. The molecule has 3 nitrogen and oxygen atoms in total. The highest BCUT2D eigenvalue weighted by atomic mass is 79.9. The Kier molecular flexibility index (Phi) is 7.42. The smallest absolute Gasteiger partial charge is 0.223 e. The molecular formula is C14H20BrClN2O. The van der Waals surface area contributed by atoms with Gasteiger partial charge in [-0.25, -0.2) is 0 Å². The number of piperidine rings is 1. The van der Waals surface area contributed by atoms with Gasteiger partial charge in [0.2, 0.25) is 5.91 Å². The van der Waals surface area contributed by atoms with Crippen LogP contribution in [-0.4, -0.2) is 25.5 Å². The minimum Gasteiger partial charge on any atom is -0.356 e. The average molecular weight is 348 g/mol. The molecule has 5 heteroatoms. The molecule has 1 amide bonds. The summed E-state index contributed by atoms with van der Waals surface area (Å²) in [5.41, 5.74) is 1.25. The van der Waals surface area contributed by atoms with Gasteiger partial charge in [-0.1, -0.05) is 28.1 Å². The van der Waals surface area contributed by atoms with Gasteiger partial charge in [-0.3, -0.25) is 4.79 Å². The van der Waals surface area contributed by atoms with Gasteiger partial charge in [0.25, 0.3) is 0 Å². The van der Waals surface area contributed by atoms with E-state index in [0.29, 0.717) is 0 Å². The van der Waals surface area contributed by atoms with Crippen LogP contribution in [0, 0.1) is 5.92 Å². The highest BCUT2D eigenvalue weighted by molar-refractivity contribution is 9.10. The number of hydrogen-bond donors (Lipinski definition) is 2. The zero-order valence-corrected chi connectivity index (χ0v) is 13.2. The lowest BCUT2D eigenvalue weighted by Crippen LogP contribution is -2.38. The highest BCUT2D eigenvalue weighted by Crippen LogP contribution is 2.12. The Labute approximate surface area is 129 Å². The monoisotopic (exact) mass is 346 g/mol. The minimum absolute atomic E-state index is 0. The fourth-order valence-corrected chi connectivity index (χ4v) is 2.47. The van der Waals surface area contributed by atoms with Crippen molar-refractivity contribution in [2.75, 3.05) is 19.6 Å². The second kappa shape index (κ2) is 8.56. The van der Waals surface area contributed by atoms with Crippen LogP contribution < -0.4 is 10.6 Å². The molecule has 2 rings (SSSR count). The summed E-state index contributed by atoms with van der Waals surface area (Å²) in [6.45, 7) is 2.65. The molecule has 0 saturated carbocycles. The Bertz CT molecular complexity index is 391. The van der Waals surface area contributed by atoms with Gasteiger partial charge < -0.3 is 10.6 Å². The van der Waals surface area contributed by atoms with Gasteiger partial charge in [0.05, 0.1) is 0 Å². The van der Waals surface area contributed by atoms with Gasteiger partial charge in [0.1, 0.15) is 0 Å². The van der Waals surface area contributed by atoms with Gasteiger partial charge >= 0.3 is 0 Å². The van der Waals surface area contributed by atoms with Gasteiger partial charge in [-0.05, 0) is 50.0 Å². The Morgan fingerprint density at radius 2 is 1.89 bits per heavy atom. The third-order valence-corrected chi connectivity index (χ3v) is 3.86. The molecule has 1 aromatic carbocycles. The van der Waals surface area contributed by atoms with E-state index in [-0.39, 0.29) is 24.2 Å². The quantitative estimate of drug-likeness (QED) is 0.879. The maximum atomic E-state index is 11.9. The first-order valence-electron chi connectivity index (χ1n) is 6.48. The maximum absolute atomic E-state index is 11.9.